The lowest BCUT2D eigenvalue weighted by Crippen LogP contribution is -2.41. The molecule has 1 aromatic carbocycles. The predicted octanol–water partition coefficient (Wildman–Crippen LogP) is 2.13. The zero-order valence-corrected chi connectivity index (χ0v) is 11.2. The molecule has 0 atom stereocenters. The third-order valence-corrected chi connectivity index (χ3v) is 2.64. The highest BCUT2D eigenvalue weighted by molar-refractivity contribution is 5.96. The van der Waals surface area contributed by atoms with Crippen molar-refractivity contribution in [3.8, 4) is 0 Å². The van der Waals surface area contributed by atoms with Crippen molar-refractivity contribution in [2.24, 2.45) is 0 Å². The highest BCUT2D eigenvalue weighted by atomic mass is 19.2. The molecule has 110 valence electrons. The number of amides is 1. The third kappa shape index (κ3) is 3.49. The first-order chi connectivity index (χ1) is 9.27. The number of esters is 1. The van der Waals surface area contributed by atoms with Crippen LogP contribution in [0.5, 0.6) is 0 Å². The zero-order chi connectivity index (χ0) is 15.4. The van der Waals surface area contributed by atoms with Crippen molar-refractivity contribution >= 4 is 11.9 Å². The quantitative estimate of drug-likeness (QED) is 0.630. The van der Waals surface area contributed by atoms with Crippen molar-refractivity contribution in [3.63, 3.8) is 0 Å². The van der Waals surface area contributed by atoms with Gasteiger partial charge in [-0.15, -0.1) is 0 Å². The number of hydrogen-bond acceptors (Lipinski definition) is 3. The van der Waals surface area contributed by atoms with Crippen LogP contribution in [-0.4, -0.2) is 36.5 Å². The molecule has 0 aliphatic heterocycles. The Morgan fingerprint density at radius 1 is 1.20 bits per heavy atom. The van der Waals surface area contributed by atoms with Gasteiger partial charge in [0.2, 0.25) is 0 Å². The van der Waals surface area contributed by atoms with Crippen molar-refractivity contribution in [1.82, 2.24) is 4.90 Å². The second-order valence-corrected chi connectivity index (χ2v) is 4.36. The van der Waals surface area contributed by atoms with Gasteiger partial charge in [0.15, 0.2) is 17.5 Å². The Morgan fingerprint density at radius 2 is 1.70 bits per heavy atom. The van der Waals surface area contributed by atoms with Gasteiger partial charge in [-0.2, -0.15) is 0 Å². The van der Waals surface area contributed by atoms with Crippen LogP contribution in [0.2, 0.25) is 0 Å². The maximum Gasteiger partial charge on any atom is 0.325 e. The van der Waals surface area contributed by atoms with Crippen LogP contribution >= 0.6 is 0 Å². The fraction of sp³-hybridized carbons (Fsp3) is 0.385. The summed E-state index contributed by atoms with van der Waals surface area (Å²) in [5.74, 6) is -6.03. The number of carbonyl (C=O) groups excluding carboxylic acids is 2. The molecule has 0 saturated carbocycles. The average Bonchev–Trinajstić information content (AvgIpc) is 2.40. The Labute approximate surface area is 114 Å². The Bertz CT molecular complexity index is 509. The summed E-state index contributed by atoms with van der Waals surface area (Å²) in [6.07, 6.45) is 0. The monoisotopic (exact) mass is 289 g/mol. The van der Waals surface area contributed by atoms with E-state index in [0.29, 0.717) is 12.1 Å². The Kier molecular flexibility index (Phi) is 5.12. The molecule has 1 aromatic rings. The maximum atomic E-state index is 13.1. The van der Waals surface area contributed by atoms with Gasteiger partial charge in [-0.25, -0.2) is 13.2 Å². The zero-order valence-electron chi connectivity index (χ0n) is 11.2. The van der Waals surface area contributed by atoms with Crippen LogP contribution < -0.4 is 0 Å². The first-order valence-electron chi connectivity index (χ1n) is 5.80. The fourth-order valence-corrected chi connectivity index (χ4v) is 1.54. The number of rotatable bonds is 4. The summed E-state index contributed by atoms with van der Waals surface area (Å²) in [4.78, 5) is 24.4. The molecule has 0 spiro atoms. The number of benzene rings is 1. The van der Waals surface area contributed by atoms with Crippen molar-refractivity contribution in [2.75, 3.05) is 13.7 Å². The SMILES string of the molecule is COC(=O)CN(C(=O)c1cc(F)c(F)c(F)c1)C(C)C. The van der Waals surface area contributed by atoms with Gasteiger partial charge < -0.3 is 9.64 Å². The standard InChI is InChI=1S/C13H14F3NO3/c1-7(2)17(6-11(18)20-3)13(19)8-4-9(14)12(16)10(15)5-8/h4-5,7H,6H2,1-3H3. The number of nitrogens with zero attached hydrogens (tertiary/aromatic N) is 1. The van der Waals surface area contributed by atoms with Crippen molar-refractivity contribution in [2.45, 2.75) is 19.9 Å². The van der Waals surface area contributed by atoms with E-state index in [4.69, 9.17) is 0 Å². The van der Waals surface area contributed by atoms with Crippen LogP contribution in [0.25, 0.3) is 0 Å². The summed E-state index contributed by atoms with van der Waals surface area (Å²) in [7, 11) is 1.16. The molecule has 0 aromatic heterocycles. The van der Waals surface area contributed by atoms with Gasteiger partial charge in [-0.1, -0.05) is 0 Å². The maximum absolute atomic E-state index is 13.1. The second kappa shape index (κ2) is 6.40. The van der Waals surface area contributed by atoms with E-state index in [9.17, 15) is 22.8 Å². The molecule has 0 N–H and O–H groups in total. The van der Waals surface area contributed by atoms with Crippen LogP contribution in [0.3, 0.4) is 0 Å². The lowest BCUT2D eigenvalue weighted by molar-refractivity contribution is -0.141. The summed E-state index contributed by atoms with van der Waals surface area (Å²) < 4.78 is 43.5. The molecule has 0 bridgehead atoms. The van der Waals surface area contributed by atoms with Crippen LogP contribution in [0, 0.1) is 17.5 Å². The summed E-state index contributed by atoms with van der Waals surface area (Å²) in [6, 6.07) is 0.777. The van der Waals surface area contributed by atoms with E-state index in [0.717, 1.165) is 12.0 Å². The van der Waals surface area contributed by atoms with Crippen LogP contribution in [0.4, 0.5) is 13.2 Å². The Hall–Kier alpha value is -2.05. The normalized spacial score (nSPS) is 10.6. The van der Waals surface area contributed by atoms with Crippen LogP contribution in [-0.2, 0) is 9.53 Å². The van der Waals surface area contributed by atoms with E-state index >= 15 is 0 Å². The molecule has 0 unspecified atom stereocenters. The molecular weight excluding hydrogens is 275 g/mol. The largest absolute Gasteiger partial charge is 0.468 e. The molecule has 0 heterocycles. The predicted molar refractivity (Wildman–Crippen MR) is 64.5 cm³/mol. The van der Waals surface area contributed by atoms with Gasteiger partial charge in [0.1, 0.15) is 6.54 Å². The first kappa shape index (κ1) is 16.0. The van der Waals surface area contributed by atoms with E-state index in [1.165, 1.54) is 0 Å². The number of halogens is 3. The summed E-state index contributed by atoms with van der Waals surface area (Å²) in [6.45, 7) is 2.88. The molecule has 0 radical (unpaired) electrons. The minimum absolute atomic E-state index is 0.367. The lowest BCUT2D eigenvalue weighted by Gasteiger charge is -2.25. The average molecular weight is 289 g/mol. The minimum Gasteiger partial charge on any atom is -0.468 e. The van der Waals surface area contributed by atoms with Crippen molar-refractivity contribution in [3.05, 3.63) is 35.1 Å². The second-order valence-electron chi connectivity index (χ2n) is 4.36. The smallest absolute Gasteiger partial charge is 0.325 e. The van der Waals surface area contributed by atoms with E-state index in [1.54, 1.807) is 13.8 Å². The Balaban J connectivity index is 3.10. The van der Waals surface area contributed by atoms with Gasteiger partial charge in [-0.05, 0) is 26.0 Å². The van der Waals surface area contributed by atoms with Gasteiger partial charge in [0.25, 0.3) is 5.91 Å². The van der Waals surface area contributed by atoms with E-state index in [-0.39, 0.29) is 12.1 Å². The molecule has 4 nitrogen and oxygen atoms in total. The van der Waals surface area contributed by atoms with Crippen LogP contribution in [0.15, 0.2) is 12.1 Å². The molecule has 0 saturated heterocycles. The number of carbonyl (C=O) groups is 2. The van der Waals surface area contributed by atoms with Crippen LogP contribution in [0.1, 0.15) is 24.2 Å². The van der Waals surface area contributed by atoms with Crippen molar-refractivity contribution < 1.29 is 27.5 Å². The molecule has 1 rings (SSSR count). The number of ether oxygens (including phenoxy) is 1. The lowest BCUT2D eigenvalue weighted by atomic mass is 10.1. The third-order valence-electron chi connectivity index (χ3n) is 2.64. The van der Waals surface area contributed by atoms with E-state index in [1.807, 2.05) is 0 Å². The fourth-order valence-electron chi connectivity index (χ4n) is 1.54. The molecular formula is C13H14F3NO3. The van der Waals surface area contributed by atoms with Gasteiger partial charge >= 0.3 is 5.97 Å². The van der Waals surface area contributed by atoms with E-state index < -0.39 is 35.4 Å². The minimum atomic E-state index is -1.65. The van der Waals surface area contributed by atoms with Gasteiger partial charge in [-0.3, -0.25) is 9.59 Å². The summed E-state index contributed by atoms with van der Waals surface area (Å²) >= 11 is 0. The van der Waals surface area contributed by atoms with E-state index in [2.05, 4.69) is 4.74 Å². The molecule has 7 heteroatoms. The highest BCUT2D eigenvalue weighted by Crippen LogP contribution is 2.16. The topological polar surface area (TPSA) is 46.6 Å². The molecule has 1 amide bonds. The highest BCUT2D eigenvalue weighted by Gasteiger charge is 2.24. The molecule has 0 aliphatic carbocycles. The molecule has 20 heavy (non-hydrogen) atoms. The number of hydrogen-bond donors (Lipinski definition) is 0. The van der Waals surface area contributed by atoms with Gasteiger partial charge in [0, 0.05) is 11.6 Å². The summed E-state index contributed by atoms with van der Waals surface area (Å²) in [5, 5.41) is 0. The first-order valence-corrected chi connectivity index (χ1v) is 5.80. The van der Waals surface area contributed by atoms with Crippen molar-refractivity contribution in [1.29, 1.82) is 0 Å². The molecule has 0 aliphatic rings. The Morgan fingerprint density at radius 3 is 2.10 bits per heavy atom. The number of methoxy groups -OCH3 is 1. The summed E-state index contributed by atoms with van der Waals surface area (Å²) in [5.41, 5.74) is -0.376. The van der Waals surface area contributed by atoms with Gasteiger partial charge in [0.05, 0.1) is 7.11 Å². The molecule has 0 fully saturated rings.